The maximum atomic E-state index is 12.2. The van der Waals surface area contributed by atoms with Crippen LogP contribution in [0.5, 0.6) is 0 Å². The summed E-state index contributed by atoms with van der Waals surface area (Å²) < 4.78 is 11.2. The number of ether oxygens (including phenoxy) is 2. The lowest BCUT2D eigenvalue weighted by molar-refractivity contribution is -0.154. The molecule has 0 bridgehead atoms. The molecule has 0 rings (SSSR count). The Morgan fingerprint density at radius 3 is 1.12 bits per heavy atom. The van der Waals surface area contributed by atoms with Gasteiger partial charge in [0.25, 0.3) is 0 Å². The van der Waals surface area contributed by atoms with Crippen molar-refractivity contribution >= 4 is 5.97 Å². The van der Waals surface area contributed by atoms with E-state index in [1.54, 1.807) is 0 Å². The summed E-state index contributed by atoms with van der Waals surface area (Å²) in [6, 6.07) is 0. The number of carbonyl (C=O) groups excluding carboxylic acids is 1. The van der Waals surface area contributed by atoms with E-state index >= 15 is 0 Å². The number of hydrogen-bond acceptors (Lipinski definition) is 4. The predicted octanol–water partition coefficient (Wildman–Crippen LogP) is 15.3. The summed E-state index contributed by atoms with van der Waals surface area (Å²) in [5.74, 6) is -0.195. The third kappa shape index (κ3) is 43.4. The number of allylic oxidation sites excluding steroid dienone is 2. The van der Waals surface area contributed by atoms with Gasteiger partial charge in [0.15, 0.2) is 0 Å². The van der Waals surface area contributed by atoms with Crippen molar-refractivity contribution in [2.24, 2.45) is 0 Å². The molecule has 1 unspecified atom stereocenters. The molecule has 0 aliphatic carbocycles. The first-order valence-electron chi connectivity index (χ1n) is 23.3. The van der Waals surface area contributed by atoms with Crippen LogP contribution in [0.15, 0.2) is 12.2 Å². The lowest BCUT2D eigenvalue weighted by Gasteiger charge is -2.16. The Bertz CT molecular complexity index is 677. The minimum absolute atomic E-state index is 0.165. The first-order valence-corrected chi connectivity index (χ1v) is 23.3. The fourth-order valence-corrected chi connectivity index (χ4v) is 7.09. The molecule has 1 N–H and O–H groups in total. The van der Waals surface area contributed by atoms with Gasteiger partial charge in [-0.05, 0) is 38.5 Å². The van der Waals surface area contributed by atoms with Gasteiger partial charge < -0.3 is 14.6 Å². The van der Waals surface area contributed by atoms with Crippen LogP contribution in [-0.2, 0) is 14.3 Å². The van der Waals surface area contributed by atoms with Crippen LogP contribution in [0.3, 0.4) is 0 Å². The van der Waals surface area contributed by atoms with E-state index in [0.717, 1.165) is 19.3 Å². The Morgan fingerprint density at radius 1 is 0.451 bits per heavy atom. The Balaban J connectivity index is 3.35. The van der Waals surface area contributed by atoms with Crippen LogP contribution in [0.25, 0.3) is 0 Å². The quantitative estimate of drug-likeness (QED) is 0.0387. The lowest BCUT2D eigenvalue weighted by atomic mass is 10.0. The van der Waals surface area contributed by atoms with E-state index < -0.39 is 6.10 Å². The van der Waals surface area contributed by atoms with E-state index in [1.807, 2.05) is 0 Å². The van der Waals surface area contributed by atoms with Crippen molar-refractivity contribution in [1.82, 2.24) is 0 Å². The van der Waals surface area contributed by atoms with E-state index in [4.69, 9.17) is 9.47 Å². The normalized spacial score (nSPS) is 12.3. The maximum Gasteiger partial charge on any atom is 0.306 e. The smallest absolute Gasteiger partial charge is 0.306 e. The van der Waals surface area contributed by atoms with E-state index in [9.17, 15) is 9.90 Å². The molecule has 0 aromatic carbocycles. The zero-order valence-electron chi connectivity index (χ0n) is 34.9. The topological polar surface area (TPSA) is 55.8 Å². The molecule has 0 radical (unpaired) electrons. The highest BCUT2D eigenvalue weighted by Crippen LogP contribution is 2.16. The first kappa shape index (κ1) is 50.1. The monoisotopic (exact) mass is 721 g/mol. The van der Waals surface area contributed by atoms with Gasteiger partial charge in [0.1, 0.15) is 6.10 Å². The SMILES string of the molecule is CCCCCCCCCC/C=C\CCCCCCCCCCCCCCOCC(CO)OC(=O)CCCCCCCCCCCCCCCCC. The predicted molar refractivity (Wildman–Crippen MR) is 224 cm³/mol. The summed E-state index contributed by atoms with van der Waals surface area (Å²) >= 11 is 0. The molecule has 0 amide bonds. The lowest BCUT2D eigenvalue weighted by Crippen LogP contribution is -2.27. The Kier molecular flexibility index (Phi) is 44.5. The van der Waals surface area contributed by atoms with Gasteiger partial charge >= 0.3 is 5.97 Å². The van der Waals surface area contributed by atoms with Crippen LogP contribution in [0, 0.1) is 0 Å². The van der Waals surface area contributed by atoms with E-state index in [2.05, 4.69) is 26.0 Å². The van der Waals surface area contributed by atoms with Crippen molar-refractivity contribution in [3.05, 3.63) is 12.2 Å². The zero-order valence-corrected chi connectivity index (χ0v) is 34.9. The molecule has 1 atom stereocenters. The number of unbranched alkanes of at least 4 members (excludes halogenated alkanes) is 34. The largest absolute Gasteiger partial charge is 0.457 e. The van der Waals surface area contributed by atoms with Crippen LogP contribution in [0.4, 0.5) is 0 Å². The maximum absolute atomic E-state index is 12.2. The van der Waals surface area contributed by atoms with Gasteiger partial charge in [-0.15, -0.1) is 0 Å². The molecule has 304 valence electrons. The molecule has 0 heterocycles. The summed E-state index contributed by atoms with van der Waals surface area (Å²) in [6.07, 6.45) is 54.3. The van der Waals surface area contributed by atoms with Crippen molar-refractivity contribution in [1.29, 1.82) is 0 Å². The van der Waals surface area contributed by atoms with Gasteiger partial charge in [-0.2, -0.15) is 0 Å². The molecule has 0 saturated carbocycles. The minimum Gasteiger partial charge on any atom is -0.457 e. The first-order chi connectivity index (χ1) is 25.2. The fourth-order valence-electron chi connectivity index (χ4n) is 7.09. The molecule has 0 fully saturated rings. The molecule has 0 saturated heterocycles. The molecular formula is C47H92O4. The molecule has 0 aliphatic heterocycles. The summed E-state index contributed by atoms with van der Waals surface area (Å²) in [5.41, 5.74) is 0. The highest BCUT2D eigenvalue weighted by atomic mass is 16.6. The molecule has 51 heavy (non-hydrogen) atoms. The number of carbonyl (C=O) groups is 1. The number of rotatable bonds is 44. The van der Waals surface area contributed by atoms with Crippen molar-refractivity contribution in [3.8, 4) is 0 Å². The van der Waals surface area contributed by atoms with E-state index in [1.165, 1.54) is 218 Å². The number of aliphatic hydroxyl groups excluding tert-OH is 1. The number of esters is 1. The van der Waals surface area contributed by atoms with Crippen LogP contribution in [-0.4, -0.2) is 37.0 Å². The minimum atomic E-state index is -0.528. The number of hydrogen-bond donors (Lipinski definition) is 1. The van der Waals surface area contributed by atoms with Crippen LogP contribution in [0.1, 0.15) is 258 Å². The average Bonchev–Trinajstić information content (AvgIpc) is 3.14. The summed E-state index contributed by atoms with van der Waals surface area (Å²) in [6.45, 7) is 5.39. The summed E-state index contributed by atoms with van der Waals surface area (Å²) in [4.78, 5) is 12.2. The highest BCUT2D eigenvalue weighted by molar-refractivity contribution is 5.69. The van der Waals surface area contributed by atoms with Crippen LogP contribution < -0.4 is 0 Å². The molecule has 0 aromatic heterocycles. The van der Waals surface area contributed by atoms with Gasteiger partial charge in [0.2, 0.25) is 0 Å². The molecular weight excluding hydrogens is 629 g/mol. The van der Waals surface area contributed by atoms with E-state index in [0.29, 0.717) is 19.6 Å². The molecule has 0 spiro atoms. The second-order valence-electron chi connectivity index (χ2n) is 15.8. The summed E-state index contributed by atoms with van der Waals surface area (Å²) in [7, 11) is 0. The van der Waals surface area contributed by atoms with Gasteiger partial charge in [0, 0.05) is 13.0 Å². The van der Waals surface area contributed by atoms with Gasteiger partial charge in [-0.25, -0.2) is 0 Å². The number of aliphatic hydroxyl groups is 1. The van der Waals surface area contributed by atoms with Gasteiger partial charge in [-0.1, -0.05) is 225 Å². The average molecular weight is 721 g/mol. The third-order valence-electron chi connectivity index (χ3n) is 10.6. The van der Waals surface area contributed by atoms with Crippen LogP contribution >= 0.6 is 0 Å². The Labute approximate surface area is 320 Å². The van der Waals surface area contributed by atoms with Crippen molar-refractivity contribution in [2.45, 2.75) is 264 Å². The molecule has 0 aliphatic rings. The van der Waals surface area contributed by atoms with Crippen LogP contribution in [0.2, 0.25) is 0 Å². The Hall–Kier alpha value is -0.870. The standard InChI is InChI=1S/C47H92O4/c1-3-5-7-9-11-13-15-17-19-20-21-22-23-24-25-26-27-29-31-33-35-37-39-41-43-50-45-46(44-48)51-47(49)42-40-38-36-34-32-30-28-18-16-14-12-10-8-6-4-2/h20-21,46,48H,3-19,22-45H2,1-2H3/b21-20-. The second kappa shape index (κ2) is 45.3. The Morgan fingerprint density at radius 2 is 0.765 bits per heavy atom. The second-order valence-corrected chi connectivity index (χ2v) is 15.8. The highest BCUT2D eigenvalue weighted by Gasteiger charge is 2.13. The van der Waals surface area contributed by atoms with Gasteiger partial charge in [0.05, 0.1) is 13.2 Å². The molecule has 4 heteroatoms. The molecule has 0 aromatic rings. The fraction of sp³-hybridized carbons (Fsp3) is 0.936. The van der Waals surface area contributed by atoms with Crippen molar-refractivity contribution in [2.75, 3.05) is 19.8 Å². The summed E-state index contributed by atoms with van der Waals surface area (Å²) in [5, 5.41) is 9.61. The third-order valence-corrected chi connectivity index (χ3v) is 10.6. The zero-order chi connectivity index (χ0) is 37.0. The van der Waals surface area contributed by atoms with Crippen molar-refractivity contribution in [3.63, 3.8) is 0 Å². The molecule has 4 nitrogen and oxygen atoms in total. The van der Waals surface area contributed by atoms with Crippen molar-refractivity contribution < 1.29 is 19.4 Å². The van der Waals surface area contributed by atoms with E-state index in [-0.39, 0.29) is 12.6 Å². The van der Waals surface area contributed by atoms with Gasteiger partial charge in [-0.3, -0.25) is 4.79 Å².